The van der Waals surface area contributed by atoms with Crippen molar-refractivity contribution in [3.05, 3.63) is 124 Å². The van der Waals surface area contributed by atoms with E-state index in [-0.39, 0.29) is 40.4 Å². The maximum Gasteiger partial charge on any atom is 0.264 e. The van der Waals surface area contributed by atoms with Crippen molar-refractivity contribution >= 4 is 39.1 Å². The Kier molecular flexibility index (Phi) is 12.1. The van der Waals surface area contributed by atoms with Crippen LogP contribution in [0.3, 0.4) is 0 Å². The van der Waals surface area contributed by atoms with Crippen LogP contribution in [0.1, 0.15) is 36.1 Å². The third kappa shape index (κ3) is 9.36. The van der Waals surface area contributed by atoms with Crippen molar-refractivity contribution in [1.82, 2.24) is 10.2 Å². The van der Waals surface area contributed by atoms with Crippen LogP contribution in [0, 0.1) is 19.8 Å². The standard InChI is InChI=1S/C37H42ClN3O5S/c1-26(2)23-39-37(43)34(21-29-11-7-6-8-12-29)40(24-30-13-9-10-28(4)20-30)36(42)25-41(31-16-19-35(46-5)33(38)22-31)47(44,45)32-17-14-27(3)15-18-32/h6-20,22,26,34H,21,23-25H2,1-5H3,(H,39,43). The first kappa shape index (κ1) is 35.5. The van der Waals surface area contributed by atoms with Gasteiger partial charge in [-0.25, -0.2) is 8.42 Å². The Bertz CT molecular complexity index is 1780. The van der Waals surface area contributed by atoms with Crippen LogP contribution in [0.2, 0.25) is 5.02 Å². The number of nitrogens with one attached hydrogen (secondary N) is 1. The van der Waals surface area contributed by atoms with Gasteiger partial charge in [0.15, 0.2) is 0 Å². The molecule has 1 unspecified atom stereocenters. The molecule has 0 aliphatic heterocycles. The van der Waals surface area contributed by atoms with E-state index in [1.165, 1.54) is 30.2 Å². The van der Waals surface area contributed by atoms with Crippen molar-refractivity contribution in [2.24, 2.45) is 5.92 Å². The highest BCUT2D eigenvalue weighted by molar-refractivity contribution is 7.92. The molecule has 1 atom stereocenters. The van der Waals surface area contributed by atoms with Crippen LogP contribution in [0.15, 0.2) is 102 Å². The number of hydrogen-bond acceptors (Lipinski definition) is 5. The summed E-state index contributed by atoms with van der Waals surface area (Å²) in [7, 11) is -2.79. The predicted molar refractivity (Wildman–Crippen MR) is 187 cm³/mol. The summed E-state index contributed by atoms with van der Waals surface area (Å²) in [6, 6.07) is 27.2. The number of ether oxygens (including phenoxy) is 1. The SMILES string of the molecule is COc1ccc(N(CC(=O)N(Cc2cccc(C)c2)C(Cc2ccccc2)C(=O)NCC(C)C)S(=O)(=O)c2ccc(C)cc2)cc1Cl. The Morgan fingerprint density at radius 1 is 0.851 bits per heavy atom. The molecule has 1 N–H and O–H groups in total. The number of sulfonamides is 1. The van der Waals surface area contributed by atoms with Crippen molar-refractivity contribution < 1.29 is 22.7 Å². The van der Waals surface area contributed by atoms with E-state index in [9.17, 15) is 18.0 Å². The lowest BCUT2D eigenvalue weighted by Gasteiger charge is -2.34. The van der Waals surface area contributed by atoms with Gasteiger partial charge in [0.1, 0.15) is 18.3 Å². The number of benzene rings is 4. The number of methoxy groups -OCH3 is 1. The van der Waals surface area contributed by atoms with Gasteiger partial charge in [-0.05, 0) is 61.2 Å². The second kappa shape index (κ2) is 16.0. The number of hydrogen-bond donors (Lipinski definition) is 1. The lowest BCUT2D eigenvalue weighted by Crippen LogP contribution is -2.53. The van der Waals surface area contributed by atoms with E-state index in [1.807, 2.05) is 82.3 Å². The zero-order valence-electron chi connectivity index (χ0n) is 27.4. The number of aryl methyl sites for hydroxylation is 2. The average molecular weight is 676 g/mol. The van der Waals surface area contributed by atoms with E-state index in [4.69, 9.17) is 16.3 Å². The zero-order chi connectivity index (χ0) is 34.1. The lowest BCUT2D eigenvalue weighted by atomic mass is 10.0. The van der Waals surface area contributed by atoms with Crippen LogP contribution in [0.4, 0.5) is 5.69 Å². The first-order valence-corrected chi connectivity index (χ1v) is 17.3. The maximum atomic E-state index is 14.6. The second-order valence-electron chi connectivity index (χ2n) is 12.0. The highest BCUT2D eigenvalue weighted by Gasteiger charge is 2.35. The van der Waals surface area contributed by atoms with Crippen LogP contribution < -0.4 is 14.4 Å². The molecular formula is C37H42ClN3O5S. The van der Waals surface area contributed by atoms with Crippen LogP contribution in [0.25, 0.3) is 0 Å². The number of anilines is 1. The molecule has 0 aliphatic rings. The molecule has 4 aromatic carbocycles. The van der Waals surface area contributed by atoms with Gasteiger partial charge < -0.3 is 15.0 Å². The molecule has 0 aliphatic carbocycles. The Morgan fingerprint density at radius 3 is 2.15 bits per heavy atom. The van der Waals surface area contributed by atoms with Gasteiger partial charge in [-0.2, -0.15) is 0 Å². The first-order chi connectivity index (χ1) is 22.4. The molecule has 2 amide bonds. The molecule has 0 fully saturated rings. The average Bonchev–Trinajstić information content (AvgIpc) is 3.04. The number of carbonyl (C=O) groups is 2. The summed E-state index contributed by atoms with van der Waals surface area (Å²) < 4.78 is 34.8. The normalized spacial score (nSPS) is 12.0. The van der Waals surface area contributed by atoms with Crippen LogP contribution in [-0.2, 0) is 32.6 Å². The molecule has 47 heavy (non-hydrogen) atoms. The van der Waals surface area contributed by atoms with Crippen LogP contribution in [-0.4, -0.2) is 51.4 Å². The topological polar surface area (TPSA) is 96.0 Å². The molecule has 0 heterocycles. The molecular weight excluding hydrogens is 634 g/mol. The maximum absolute atomic E-state index is 14.6. The Balaban J connectivity index is 1.82. The summed E-state index contributed by atoms with van der Waals surface area (Å²) in [4.78, 5) is 30.0. The third-order valence-electron chi connectivity index (χ3n) is 7.70. The van der Waals surface area contributed by atoms with E-state index >= 15 is 0 Å². The number of halogens is 1. The van der Waals surface area contributed by atoms with E-state index in [1.54, 1.807) is 24.3 Å². The van der Waals surface area contributed by atoms with Gasteiger partial charge in [0, 0.05) is 19.5 Å². The molecule has 0 saturated heterocycles. The van der Waals surface area contributed by atoms with Gasteiger partial charge in [-0.1, -0.05) is 103 Å². The molecule has 248 valence electrons. The fraction of sp³-hybridized carbons (Fsp3) is 0.297. The van der Waals surface area contributed by atoms with Crippen LogP contribution >= 0.6 is 11.6 Å². The lowest BCUT2D eigenvalue weighted by molar-refractivity contribution is -0.140. The van der Waals surface area contributed by atoms with Crippen molar-refractivity contribution in [1.29, 1.82) is 0 Å². The predicted octanol–water partition coefficient (Wildman–Crippen LogP) is 6.57. The molecule has 8 nitrogen and oxygen atoms in total. The van der Waals surface area contributed by atoms with E-state index in [0.717, 1.165) is 26.6 Å². The summed E-state index contributed by atoms with van der Waals surface area (Å²) in [5.74, 6) is -0.314. The molecule has 0 radical (unpaired) electrons. The fourth-order valence-electron chi connectivity index (χ4n) is 5.16. The van der Waals surface area contributed by atoms with Gasteiger partial charge >= 0.3 is 0 Å². The zero-order valence-corrected chi connectivity index (χ0v) is 29.0. The first-order valence-electron chi connectivity index (χ1n) is 15.5. The van der Waals surface area contributed by atoms with Crippen molar-refractivity contribution in [2.45, 2.75) is 51.6 Å². The summed E-state index contributed by atoms with van der Waals surface area (Å²) in [6.07, 6.45) is 0.238. The summed E-state index contributed by atoms with van der Waals surface area (Å²) in [6.45, 7) is 7.75. The molecule has 0 aromatic heterocycles. The van der Waals surface area contributed by atoms with Crippen molar-refractivity contribution in [3.8, 4) is 5.75 Å². The number of carbonyl (C=O) groups excluding carboxylic acids is 2. The molecule has 10 heteroatoms. The molecule has 4 rings (SSSR count). The number of nitrogens with zero attached hydrogens (tertiary/aromatic N) is 2. The Morgan fingerprint density at radius 2 is 1.53 bits per heavy atom. The number of amides is 2. The van der Waals surface area contributed by atoms with Crippen molar-refractivity contribution in [2.75, 3.05) is 24.5 Å². The van der Waals surface area contributed by atoms with E-state index < -0.39 is 28.5 Å². The van der Waals surface area contributed by atoms with Gasteiger partial charge in [-0.3, -0.25) is 13.9 Å². The molecule has 4 aromatic rings. The highest BCUT2D eigenvalue weighted by Crippen LogP contribution is 2.32. The minimum Gasteiger partial charge on any atom is -0.495 e. The monoisotopic (exact) mass is 675 g/mol. The van der Waals surface area contributed by atoms with Gasteiger partial charge in [-0.15, -0.1) is 0 Å². The van der Waals surface area contributed by atoms with Crippen LogP contribution in [0.5, 0.6) is 5.75 Å². The van der Waals surface area contributed by atoms with Gasteiger partial charge in [0.2, 0.25) is 11.8 Å². The summed E-state index contributed by atoms with van der Waals surface area (Å²) in [5.41, 5.74) is 3.75. The Labute approximate surface area is 283 Å². The summed E-state index contributed by atoms with van der Waals surface area (Å²) >= 11 is 6.46. The summed E-state index contributed by atoms with van der Waals surface area (Å²) in [5, 5.41) is 3.19. The number of rotatable bonds is 14. The second-order valence-corrected chi connectivity index (χ2v) is 14.3. The van der Waals surface area contributed by atoms with Crippen molar-refractivity contribution in [3.63, 3.8) is 0 Å². The van der Waals surface area contributed by atoms with Gasteiger partial charge in [0.05, 0.1) is 22.7 Å². The molecule has 0 spiro atoms. The fourth-order valence-corrected chi connectivity index (χ4v) is 6.82. The largest absolute Gasteiger partial charge is 0.495 e. The molecule has 0 saturated carbocycles. The minimum atomic E-state index is -4.26. The highest BCUT2D eigenvalue weighted by atomic mass is 35.5. The minimum absolute atomic E-state index is 0.0172. The quantitative estimate of drug-likeness (QED) is 0.163. The smallest absolute Gasteiger partial charge is 0.264 e. The van der Waals surface area contributed by atoms with Gasteiger partial charge in [0.25, 0.3) is 10.0 Å². The van der Waals surface area contributed by atoms with E-state index in [0.29, 0.717) is 12.3 Å². The molecule has 0 bridgehead atoms. The third-order valence-corrected chi connectivity index (χ3v) is 9.79. The van der Waals surface area contributed by atoms with E-state index in [2.05, 4.69) is 5.32 Å². The Hall–Kier alpha value is -4.34.